The molecule has 0 saturated heterocycles. The van der Waals surface area contributed by atoms with E-state index in [2.05, 4.69) is 5.43 Å². The lowest BCUT2D eigenvalue weighted by Gasteiger charge is -2.17. The first-order valence-corrected chi connectivity index (χ1v) is 6.49. The Kier molecular flexibility index (Phi) is 4.71. The number of hydrogen-bond acceptors (Lipinski definition) is 3. The Morgan fingerprint density at radius 1 is 1.25 bits per heavy atom. The van der Waals surface area contributed by atoms with Crippen molar-refractivity contribution in [1.29, 1.82) is 0 Å². The molecule has 106 valence electrons. The quantitative estimate of drug-likeness (QED) is 0.651. The predicted octanol–water partition coefficient (Wildman–Crippen LogP) is 2.89. The fourth-order valence-electron chi connectivity index (χ4n) is 2.13. The van der Waals surface area contributed by atoms with Crippen LogP contribution in [-0.4, -0.2) is 7.11 Å². The second-order valence-electron chi connectivity index (χ2n) is 4.78. The summed E-state index contributed by atoms with van der Waals surface area (Å²) in [4.78, 5) is 0. The van der Waals surface area contributed by atoms with Crippen molar-refractivity contribution in [1.82, 2.24) is 5.43 Å². The van der Waals surface area contributed by atoms with Crippen LogP contribution in [0.2, 0.25) is 0 Å². The van der Waals surface area contributed by atoms with E-state index in [0.717, 1.165) is 16.9 Å². The van der Waals surface area contributed by atoms with Crippen LogP contribution in [0, 0.1) is 12.7 Å². The summed E-state index contributed by atoms with van der Waals surface area (Å²) in [5.74, 6) is 6.19. The van der Waals surface area contributed by atoms with Crippen LogP contribution in [-0.2, 0) is 6.42 Å². The van der Waals surface area contributed by atoms with Gasteiger partial charge in [0.1, 0.15) is 11.6 Å². The van der Waals surface area contributed by atoms with Crippen LogP contribution in [0.3, 0.4) is 0 Å². The summed E-state index contributed by atoms with van der Waals surface area (Å²) in [6.45, 7) is 1.74. The third kappa shape index (κ3) is 3.35. The van der Waals surface area contributed by atoms with E-state index in [1.807, 2.05) is 30.3 Å². The number of nitrogens with one attached hydrogen (secondary N) is 1. The molecular formula is C16H19FN2O. The Morgan fingerprint density at radius 3 is 2.70 bits per heavy atom. The van der Waals surface area contributed by atoms with Gasteiger partial charge in [-0.15, -0.1) is 0 Å². The molecule has 4 heteroatoms. The second kappa shape index (κ2) is 6.50. The molecular weight excluding hydrogens is 255 g/mol. The summed E-state index contributed by atoms with van der Waals surface area (Å²) in [5.41, 5.74) is 5.28. The van der Waals surface area contributed by atoms with Gasteiger partial charge in [-0.25, -0.2) is 4.39 Å². The third-order valence-corrected chi connectivity index (χ3v) is 3.37. The van der Waals surface area contributed by atoms with Crippen molar-refractivity contribution in [2.24, 2.45) is 5.84 Å². The molecule has 0 heterocycles. The number of ether oxygens (including phenoxy) is 1. The van der Waals surface area contributed by atoms with Crippen molar-refractivity contribution in [3.8, 4) is 5.75 Å². The molecule has 0 amide bonds. The molecule has 2 aromatic carbocycles. The van der Waals surface area contributed by atoms with Crippen LogP contribution in [0.4, 0.5) is 4.39 Å². The van der Waals surface area contributed by atoms with Crippen LogP contribution in [0.15, 0.2) is 42.5 Å². The Morgan fingerprint density at radius 2 is 2.05 bits per heavy atom. The van der Waals surface area contributed by atoms with E-state index in [1.165, 1.54) is 6.07 Å². The lowest BCUT2D eigenvalue weighted by molar-refractivity contribution is 0.414. The molecule has 2 rings (SSSR count). The fourth-order valence-corrected chi connectivity index (χ4v) is 2.13. The molecule has 2 aromatic rings. The van der Waals surface area contributed by atoms with Crippen molar-refractivity contribution in [3.63, 3.8) is 0 Å². The summed E-state index contributed by atoms with van der Waals surface area (Å²) in [7, 11) is 1.63. The maximum absolute atomic E-state index is 13.6. The highest BCUT2D eigenvalue weighted by molar-refractivity contribution is 5.31. The highest BCUT2D eigenvalue weighted by Crippen LogP contribution is 2.22. The fraction of sp³-hybridized carbons (Fsp3) is 0.250. The lowest BCUT2D eigenvalue weighted by atomic mass is 9.98. The standard InChI is InChI=1S/C16H19FN2O/c1-11-6-7-13(10-15(11)17)16(19-18)9-12-4-3-5-14(8-12)20-2/h3-8,10,16,19H,9,18H2,1-2H3. The SMILES string of the molecule is COc1cccc(CC(NN)c2ccc(C)c(F)c2)c1. The van der Waals surface area contributed by atoms with E-state index < -0.39 is 0 Å². The van der Waals surface area contributed by atoms with Crippen molar-refractivity contribution in [3.05, 3.63) is 65.0 Å². The summed E-state index contributed by atoms with van der Waals surface area (Å²) >= 11 is 0. The maximum Gasteiger partial charge on any atom is 0.126 e. The zero-order valence-corrected chi connectivity index (χ0v) is 11.7. The molecule has 20 heavy (non-hydrogen) atoms. The molecule has 3 nitrogen and oxygen atoms in total. The number of aryl methyl sites for hydroxylation is 1. The van der Waals surface area contributed by atoms with Gasteiger partial charge in [0.2, 0.25) is 0 Å². The number of hydrazine groups is 1. The molecule has 0 aromatic heterocycles. The molecule has 0 aliphatic carbocycles. The summed E-state index contributed by atoms with van der Waals surface area (Å²) in [6.07, 6.45) is 0.663. The van der Waals surface area contributed by atoms with E-state index in [1.54, 1.807) is 20.1 Å². The van der Waals surface area contributed by atoms with Gasteiger partial charge < -0.3 is 4.74 Å². The van der Waals surface area contributed by atoms with E-state index >= 15 is 0 Å². The number of hydrogen-bond donors (Lipinski definition) is 2. The van der Waals surface area contributed by atoms with Gasteiger partial charge in [-0.1, -0.05) is 24.3 Å². The van der Waals surface area contributed by atoms with Crippen molar-refractivity contribution < 1.29 is 9.13 Å². The van der Waals surface area contributed by atoms with Gasteiger partial charge in [0.25, 0.3) is 0 Å². The molecule has 0 saturated carbocycles. The zero-order valence-electron chi connectivity index (χ0n) is 11.7. The molecule has 0 radical (unpaired) electrons. The van der Waals surface area contributed by atoms with Crippen LogP contribution in [0.5, 0.6) is 5.75 Å². The van der Waals surface area contributed by atoms with Gasteiger partial charge in [-0.3, -0.25) is 11.3 Å². The van der Waals surface area contributed by atoms with E-state index in [4.69, 9.17) is 10.6 Å². The summed E-state index contributed by atoms with van der Waals surface area (Å²) in [6, 6.07) is 12.8. The molecule has 0 aliphatic heterocycles. The normalized spacial score (nSPS) is 12.2. The maximum atomic E-state index is 13.6. The minimum Gasteiger partial charge on any atom is -0.497 e. The Balaban J connectivity index is 2.21. The van der Waals surface area contributed by atoms with Crippen molar-refractivity contribution in [2.45, 2.75) is 19.4 Å². The third-order valence-electron chi connectivity index (χ3n) is 3.37. The molecule has 0 fully saturated rings. The highest BCUT2D eigenvalue weighted by atomic mass is 19.1. The van der Waals surface area contributed by atoms with Crippen molar-refractivity contribution in [2.75, 3.05) is 7.11 Å². The average molecular weight is 274 g/mol. The molecule has 0 aliphatic rings. The number of nitrogens with two attached hydrogens (primary N) is 1. The van der Waals surface area contributed by atoms with Crippen LogP contribution in [0.1, 0.15) is 22.7 Å². The first-order chi connectivity index (χ1) is 9.63. The second-order valence-corrected chi connectivity index (χ2v) is 4.78. The van der Waals surface area contributed by atoms with Crippen LogP contribution in [0.25, 0.3) is 0 Å². The van der Waals surface area contributed by atoms with Gasteiger partial charge >= 0.3 is 0 Å². The molecule has 1 atom stereocenters. The van der Waals surface area contributed by atoms with Crippen LogP contribution < -0.4 is 16.0 Å². The van der Waals surface area contributed by atoms with Gasteiger partial charge in [0.05, 0.1) is 13.2 Å². The van der Waals surface area contributed by atoms with Gasteiger partial charge in [0.15, 0.2) is 0 Å². The number of methoxy groups -OCH3 is 1. The van der Waals surface area contributed by atoms with E-state index in [-0.39, 0.29) is 11.9 Å². The van der Waals surface area contributed by atoms with E-state index in [9.17, 15) is 4.39 Å². The van der Waals surface area contributed by atoms with Gasteiger partial charge in [-0.05, 0) is 48.2 Å². The summed E-state index contributed by atoms with van der Waals surface area (Å²) in [5, 5.41) is 0. The summed E-state index contributed by atoms with van der Waals surface area (Å²) < 4.78 is 18.8. The zero-order chi connectivity index (χ0) is 14.5. The monoisotopic (exact) mass is 274 g/mol. The van der Waals surface area contributed by atoms with Crippen LogP contribution >= 0.6 is 0 Å². The number of halogens is 1. The number of benzene rings is 2. The number of rotatable bonds is 5. The van der Waals surface area contributed by atoms with E-state index in [0.29, 0.717) is 12.0 Å². The molecule has 0 spiro atoms. The minimum absolute atomic E-state index is 0.141. The lowest BCUT2D eigenvalue weighted by Crippen LogP contribution is -2.29. The molecule has 0 bridgehead atoms. The first-order valence-electron chi connectivity index (χ1n) is 6.49. The minimum atomic E-state index is -0.214. The largest absolute Gasteiger partial charge is 0.497 e. The Hall–Kier alpha value is -1.91. The molecule has 3 N–H and O–H groups in total. The smallest absolute Gasteiger partial charge is 0.126 e. The predicted molar refractivity (Wildman–Crippen MR) is 77.9 cm³/mol. The van der Waals surface area contributed by atoms with Crippen molar-refractivity contribution >= 4 is 0 Å². The Labute approximate surface area is 118 Å². The van der Waals surface area contributed by atoms with Gasteiger partial charge in [0, 0.05) is 0 Å². The topological polar surface area (TPSA) is 47.3 Å². The first kappa shape index (κ1) is 14.5. The Bertz CT molecular complexity index is 586. The average Bonchev–Trinajstić information content (AvgIpc) is 2.48. The highest BCUT2D eigenvalue weighted by Gasteiger charge is 2.12. The van der Waals surface area contributed by atoms with Gasteiger partial charge in [-0.2, -0.15) is 0 Å². The molecule has 1 unspecified atom stereocenters.